The first-order valence-corrected chi connectivity index (χ1v) is 20.9. The lowest BCUT2D eigenvalue weighted by Crippen LogP contribution is -2.40. The van der Waals surface area contributed by atoms with E-state index in [2.05, 4.69) is 28.5 Å². The van der Waals surface area contributed by atoms with E-state index in [1.165, 1.54) is 36.6 Å². The van der Waals surface area contributed by atoms with Gasteiger partial charge in [-0.1, -0.05) is 96.5 Å². The standard InChI is InChI=1S/C42H52ClN5O7S/c1-23-14-15-28(21-31(23)47-56(52)55-33-22-30(42(5,6)7)16-17-32(33)53-26(4)20-34(49)50)39-45-40-35(36(44-8)38(43)48(40)46-39)41(51)54-37-24(2)18-29(19-25(37)3)27-12-10-9-11-13-27/h14-17,21-22,24-27,29,37,47H,9-13,18-20H2,1-7H3,(H,45,46)(H,49,50). The molecule has 4 aromatic rings. The molecule has 0 spiro atoms. The molecule has 4 unspecified atom stereocenters. The quantitative estimate of drug-likeness (QED) is 0.0947. The Hall–Kier alpha value is -4.54. The highest BCUT2D eigenvalue weighted by molar-refractivity contribution is 7.82. The molecule has 56 heavy (non-hydrogen) atoms. The number of nitrogens with one attached hydrogen (secondary N) is 2. The Balaban J connectivity index is 1.22. The zero-order valence-corrected chi connectivity index (χ0v) is 34.7. The van der Waals surface area contributed by atoms with Crippen LogP contribution >= 0.6 is 11.6 Å². The summed E-state index contributed by atoms with van der Waals surface area (Å²) in [5, 5.41) is 12.4. The molecule has 2 fully saturated rings. The molecule has 4 atom stereocenters. The summed E-state index contributed by atoms with van der Waals surface area (Å²) < 4.78 is 35.8. The number of carbonyl (C=O) groups is 2. The topological polar surface area (TPSA) is 149 Å². The smallest absolute Gasteiger partial charge is 0.331 e. The molecule has 2 aliphatic rings. The van der Waals surface area contributed by atoms with Crippen LogP contribution in [-0.2, 0) is 26.2 Å². The summed E-state index contributed by atoms with van der Waals surface area (Å²) in [5.74, 6) is 0.954. The molecule has 14 heteroatoms. The molecular weight excluding hydrogens is 754 g/mol. The van der Waals surface area contributed by atoms with Crippen LogP contribution in [0.25, 0.3) is 21.9 Å². The fourth-order valence-corrected chi connectivity index (χ4v) is 9.38. The number of carboxylic acid groups (broad SMARTS) is 1. The van der Waals surface area contributed by atoms with Crippen LogP contribution in [0.4, 0.5) is 11.4 Å². The second kappa shape index (κ2) is 16.9. The molecule has 2 heterocycles. The van der Waals surface area contributed by atoms with Gasteiger partial charge in [0.05, 0.1) is 18.7 Å². The second-order valence-corrected chi connectivity index (χ2v) is 17.9. The third kappa shape index (κ3) is 9.02. The minimum absolute atomic E-state index is 0.0202. The summed E-state index contributed by atoms with van der Waals surface area (Å²) in [7, 11) is 0. The van der Waals surface area contributed by atoms with Crippen LogP contribution in [0.5, 0.6) is 11.5 Å². The number of nitrogens with zero attached hydrogens (tertiary/aromatic N) is 3. The average Bonchev–Trinajstić information content (AvgIpc) is 3.68. The van der Waals surface area contributed by atoms with Gasteiger partial charge in [-0.2, -0.15) is 4.21 Å². The van der Waals surface area contributed by atoms with E-state index in [0.29, 0.717) is 23.0 Å². The minimum Gasteiger partial charge on any atom is -0.486 e. The van der Waals surface area contributed by atoms with Gasteiger partial charge in [0.25, 0.3) is 0 Å². The number of rotatable bonds is 12. The van der Waals surface area contributed by atoms with Crippen LogP contribution in [0.3, 0.4) is 0 Å². The summed E-state index contributed by atoms with van der Waals surface area (Å²) in [4.78, 5) is 33.5. The van der Waals surface area contributed by atoms with E-state index in [1.54, 1.807) is 25.1 Å². The highest BCUT2D eigenvalue weighted by Crippen LogP contribution is 2.45. The van der Waals surface area contributed by atoms with E-state index in [9.17, 15) is 18.9 Å². The first-order valence-electron chi connectivity index (χ1n) is 19.4. The summed E-state index contributed by atoms with van der Waals surface area (Å²) in [6.45, 7) is 21.8. The van der Waals surface area contributed by atoms with Gasteiger partial charge >= 0.3 is 23.2 Å². The van der Waals surface area contributed by atoms with Crippen LogP contribution in [-0.4, -0.2) is 48.1 Å². The molecule has 0 saturated heterocycles. The third-order valence-corrected chi connectivity index (χ3v) is 12.4. The van der Waals surface area contributed by atoms with Crippen LogP contribution in [0.1, 0.15) is 114 Å². The maximum absolute atomic E-state index is 13.9. The maximum atomic E-state index is 13.9. The second-order valence-electron chi connectivity index (χ2n) is 16.7. The number of benzene rings is 2. The number of carboxylic acids is 1. The van der Waals surface area contributed by atoms with Crippen LogP contribution < -0.4 is 13.6 Å². The molecule has 12 nitrogen and oxygen atoms in total. The Morgan fingerprint density at radius 3 is 2.43 bits per heavy atom. The van der Waals surface area contributed by atoms with Gasteiger partial charge < -0.3 is 18.8 Å². The zero-order chi connectivity index (χ0) is 40.5. The van der Waals surface area contributed by atoms with E-state index in [0.717, 1.165) is 29.9 Å². The van der Waals surface area contributed by atoms with Crippen molar-refractivity contribution in [3.05, 3.63) is 69.7 Å². The van der Waals surface area contributed by atoms with Crippen molar-refractivity contribution in [2.75, 3.05) is 4.72 Å². The monoisotopic (exact) mass is 805 g/mol. The minimum atomic E-state index is -2.10. The number of carbonyl (C=O) groups excluding carboxylic acids is 1. The fraction of sp³-hybridized carbons (Fsp3) is 0.524. The van der Waals surface area contributed by atoms with Crippen LogP contribution in [0.15, 0.2) is 36.4 Å². The van der Waals surface area contributed by atoms with Gasteiger partial charge in [-0.25, -0.2) is 19.1 Å². The van der Waals surface area contributed by atoms with Crippen molar-refractivity contribution in [3.8, 4) is 22.9 Å². The Morgan fingerprint density at radius 2 is 1.79 bits per heavy atom. The molecular formula is C42H52ClN5O7S. The van der Waals surface area contributed by atoms with Crippen molar-refractivity contribution in [1.82, 2.24) is 14.6 Å². The van der Waals surface area contributed by atoms with E-state index < -0.39 is 29.3 Å². The van der Waals surface area contributed by atoms with Crippen molar-refractivity contribution in [1.29, 1.82) is 0 Å². The molecule has 0 amide bonds. The number of aromatic amines is 1. The summed E-state index contributed by atoms with van der Waals surface area (Å²) in [6, 6.07) is 10.7. The Morgan fingerprint density at radius 1 is 1.09 bits per heavy atom. The lowest BCUT2D eigenvalue weighted by Gasteiger charge is -2.42. The van der Waals surface area contributed by atoms with Crippen molar-refractivity contribution >= 4 is 51.8 Å². The van der Waals surface area contributed by atoms with Crippen molar-refractivity contribution in [2.24, 2.45) is 23.7 Å². The summed E-state index contributed by atoms with van der Waals surface area (Å²) >= 11 is 4.58. The van der Waals surface area contributed by atoms with E-state index in [4.69, 9.17) is 36.8 Å². The third-order valence-electron chi connectivity index (χ3n) is 11.3. The largest absolute Gasteiger partial charge is 0.486 e. The normalized spacial score (nSPS) is 21.6. The first-order chi connectivity index (χ1) is 26.5. The molecule has 2 aromatic heterocycles. The van der Waals surface area contributed by atoms with Gasteiger partial charge in [0, 0.05) is 5.56 Å². The van der Waals surface area contributed by atoms with Gasteiger partial charge in [0.1, 0.15) is 22.9 Å². The van der Waals surface area contributed by atoms with Gasteiger partial charge in [-0.3, -0.25) is 14.6 Å². The number of aliphatic carboxylic acids is 1. The SMILES string of the molecule is [C-]#[N+]c1c(C(=O)OC2C(C)CC(C3CCCCC3)CC2C)c2nc(-c3ccc(C)c(NS(=O)Oc4cc(C(C)(C)C)ccc4OC(C)CC(=O)O)c3)[nH]n2c1Cl. The van der Waals surface area contributed by atoms with Gasteiger partial charge in [0.15, 0.2) is 23.0 Å². The Labute approximate surface area is 336 Å². The number of fused-ring (bicyclic) bond motifs is 1. The predicted octanol–water partition coefficient (Wildman–Crippen LogP) is 10.2. The summed E-state index contributed by atoms with van der Waals surface area (Å²) in [6.07, 6.45) is 7.37. The Bertz CT molecular complexity index is 2150. The van der Waals surface area contributed by atoms with E-state index in [-0.39, 0.29) is 63.3 Å². The number of esters is 1. The van der Waals surface area contributed by atoms with Crippen molar-refractivity contribution in [3.63, 3.8) is 0 Å². The number of aromatic nitrogens is 3. The van der Waals surface area contributed by atoms with Gasteiger partial charge in [-0.05, 0) is 85.1 Å². The molecule has 2 saturated carbocycles. The predicted molar refractivity (Wildman–Crippen MR) is 218 cm³/mol. The number of aryl methyl sites for hydroxylation is 1. The molecule has 3 N–H and O–H groups in total. The number of H-pyrrole nitrogens is 1. The molecule has 2 aromatic carbocycles. The fourth-order valence-electron chi connectivity index (χ4n) is 8.38. The number of halogens is 1. The highest BCUT2D eigenvalue weighted by Gasteiger charge is 2.40. The van der Waals surface area contributed by atoms with Crippen LogP contribution in [0.2, 0.25) is 5.15 Å². The molecule has 0 bridgehead atoms. The molecule has 0 radical (unpaired) electrons. The van der Waals surface area contributed by atoms with Gasteiger partial charge in [0.2, 0.25) is 5.69 Å². The molecule has 0 aliphatic heterocycles. The first kappa shape index (κ1) is 41.1. The number of hydrogen-bond donors (Lipinski definition) is 3. The average molecular weight is 806 g/mol. The lowest BCUT2D eigenvalue weighted by molar-refractivity contribution is -0.138. The highest BCUT2D eigenvalue weighted by atomic mass is 35.5. The number of ether oxygens (including phenoxy) is 2. The zero-order valence-electron chi connectivity index (χ0n) is 33.1. The van der Waals surface area contributed by atoms with Crippen molar-refractivity contribution in [2.45, 2.75) is 117 Å². The molecule has 6 rings (SSSR count). The van der Waals surface area contributed by atoms with Crippen LogP contribution in [0, 0.1) is 37.2 Å². The van der Waals surface area contributed by atoms with Gasteiger partial charge in [-0.15, -0.1) is 0 Å². The lowest BCUT2D eigenvalue weighted by atomic mass is 9.66. The summed E-state index contributed by atoms with van der Waals surface area (Å²) in [5.41, 5.74) is 2.67. The molecule has 2 aliphatic carbocycles. The molecule has 300 valence electrons. The maximum Gasteiger partial charge on any atom is 0.331 e. The van der Waals surface area contributed by atoms with E-state index in [1.807, 2.05) is 45.9 Å². The Kier molecular flexibility index (Phi) is 12.4. The van der Waals surface area contributed by atoms with Crippen molar-refractivity contribution < 1.29 is 32.6 Å². The van der Waals surface area contributed by atoms with E-state index >= 15 is 0 Å². The number of hydrogen-bond acceptors (Lipinski definition) is 7. The number of anilines is 1.